The Morgan fingerprint density at radius 3 is 1.16 bits per heavy atom. The summed E-state index contributed by atoms with van der Waals surface area (Å²) in [7, 11) is 0. The van der Waals surface area contributed by atoms with Gasteiger partial charge in [0, 0.05) is 0 Å². The van der Waals surface area contributed by atoms with Crippen LogP contribution in [0.3, 0.4) is 0 Å². The number of benzene rings is 1. The summed E-state index contributed by atoms with van der Waals surface area (Å²) in [5.41, 5.74) is 1.95. The first kappa shape index (κ1) is 23.3. The molecule has 0 spiro atoms. The first-order chi connectivity index (χ1) is 8.86. The maximum Gasteiger partial charge on any atom is -0.00551 e. The number of rotatable bonds is 1. The van der Waals surface area contributed by atoms with Gasteiger partial charge in [-0.15, -0.1) is 0 Å². The third kappa shape index (κ3) is 8.08. The third-order valence-corrected chi connectivity index (χ3v) is 3.37. The second kappa shape index (κ2) is 12.3. The van der Waals surface area contributed by atoms with E-state index in [4.69, 9.17) is 0 Å². The van der Waals surface area contributed by atoms with Crippen LogP contribution in [0.1, 0.15) is 81.7 Å². The zero-order valence-electron chi connectivity index (χ0n) is 15.4. The van der Waals surface area contributed by atoms with Crippen molar-refractivity contribution in [2.24, 2.45) is 5.41 Å². The second-order valence-electron chi connectivity index (χ2n) is 5.24. The van der Waals surface area contributed by atoms with E-state index in [1.54, 1.807) is 0 Å². The van der Waals surface area contributed by atoms with Gasteiger partial charge in [0.25, 0.3) is 0 Å². The van der Waals surface area contributed by atoms with E-state index in [1.807, 2.05) is 41.5 Å². The Bertz CT molecular complexity index is 262. The Morgan fingerprint density at radius 1 is 0.579 bits per heavy atom. The Hall–Kier alpha value is -0.780. The molecule has 1 aromatic carbocycles. The molecule has 0 nitrogen and oxygen atoms in total. The lowest BCUT2D eigenvalue weighted by Gasteiger charge is -2.39. The molecule has 0 radical (unpaired) electrons. The predicted octanol–water partition coefficient (Wildman–Crippen LogP) is 7.09. The first-order valence-corrected chi connectivity index (χ1v) is 7.91. The molecule has 114 valence electrons. The summed E-state index contributed by atoms with van der Waals surface area (Å²) in [6, 6.07) is 10.7. The summed E-state index contributed by atoms with van der Waals surface area (Å²) in [5, 5.41) is 0. The number of hydrogen-bond acceptors (Lipinski definition) is 0. The van der Waals surface area contributed by atoms with Crippen LogP contribution in [0.4, 0.5) is 0 Å². The lowest BCUT2D eigenvalue weighted by atomic mass is 9.65. The van der Waals surface area contributed by atoms with Gasteiger partial charge in [0.1, 0.15) is 0 Å². The fourth-order valence-corrected chi connectivity index (χ4v) is 1.29. The third-order valence-electron chi connectivity index (χ3n) is 3.37. The van der Waals surface area contributed by atoms with E-state index >= 15 is 0 Å². The molecule has 0 heterocycles. The van der Waals surface area contributed by atoms with Crippen LogP contribution < -0.4 is 0 Å². The zero-order valence-corrected chi connectivity index (χ0v) is 15.4. The summed E-state index contributed by atoms with van der Waals surface area (Å²) in [6.45, 7) is 23.5. The minimum atomic E-state index is 0.230. The summed E-state index contributed by atoms with van der Waals surface area (Å²) >= 11 is 0. The van der Waals surface area contributed by atoms with Crippen molar-refractivity contribution in [3.8, 4) is 0 Å². The highest BCUT2D eigenvalue weighted by atomic mass is 14.4. The molecule has 19 heavy (non-hydrogen) atoms. The average molecular weight is 267 g/mol. The summed E-state index contributed by atoms with van der Waals surface area (Å²) < 4.78 is 0. The summed E-state index contributed by atoms with van der Waals surface area (Å²) in [5.74, 6) is 0. The Balaban J connectivity index is -0.000000375. The van der Waals surface area contributed by atoms with Crippen molar-refractivity contribution in [2.75, 3.05) is 0 Å². The minimum absolute atomic E-state index is 0.230. The van der Waals surface area contributed by atoms with Crippen molar-refractivity contribution in [3.05, 3.63) is 35.9 Å². The lowest BCUT2D eigenvalue weighted by Crippen LogP contribution is -2.33. The van der Waals surface area contributed by atoms with Crippen molar-refractivity contribution < 1.29 is 0 Å². The van der Waals surface area contributed by atoms with Crippen LogP contribution in [0.15, 0.2) is 30.3 Å². The molecular weight excluding hydrogens is 228 g/mol. The maximum absolute atomic E-state index is 2.31. The Labute approximate surface area is 123 Å². The van der Waals surface area contributed by atoms with E-state index in [9.17, 15) is 0 Å². The minimum Gasteiger partial charge on any atom is -0.0683 e. The molecule has 1 rings (SSSR count). The van der Waals surface area contributed by atoms with Crippen molar-refractivity contribution >= 4 is 0 Å². The normalized spacial score (nSPS) is 9.84. The largest absolute Gasteiger partial charge is 0.0683 e. The molecule has 0 N–H and O–H groups in total. The standard InChI is InChI=1S/C13H20.3C2H6/c1-12(2,3)13(4,5)11-9-7-6-8-10-11;3*1-2/h6-10H,1-5H3;3*1-2H3. The van der Waals surface area contributed by atoms with Crippen LogP contribution in [0.25, 0.3) is 0 Å². The summed E-state index contributed by atoms with van der Waals surface area (Å²) in [4.78, 5) is 0. The molecule has 0 unspecified atom stereocenters. The van der Waals surface area contributed by atoms with Crippen LogP contribution in [0, 0.1) is 5.41 Å². The van der Waals surface area contributed by atoms with Gasteiger partial charge in [-0.2, -0.15) is 0 Å². The molecule has 0 aliphatic carbocycles. The molecular formula is C19H38. The van der Waals surface area contributed by atoms with Crippen LogP contribution in [0.2, 0.25) is 0 Å². The monoisotopic (exact) mass is 266 g/mol. The molecule has 0 saturated carbocycles. The Morgan fingerprint density at radius 2 is 0.895 bits per heavy atom. The highest BCUT2D eigenvalue weighted by Gasteiger charge is 2.33. The van der Waals surface area contributed by atoms with Crippen molar-refractivity contribution in [2.45, 2.75) is 81.6 Å². The first-order valence-electron chi connectivity index (χ1n) is 7.91. The zero-order chi connectivity index (χ0) is 16.1. The van der Waals surface area contributed by atoms with Gasteiger partial charge in [0.15, 0.2) is 0 Å². The Kier molecular flexibility index (Phi) is 15.1. The summed E-state index contributed by atoms with van der Waals surface area (Å²) in [6.07, 6.45) is 0. The van der Waals surface area contributed by atoms with Crippen LogP contribution in [-0.4, -0.2) is 0 Å². The molecule has 0 aliphatic heterocycles. The predicted molar refractivity (Wildman–Crippen MR) is 93.0 cm³/mol. The second-order valence-corrected chi connectivity index (χ2v) is 5.24. The van der Waals surface area contributed by atoms with Crippen LogP contribution in [-0.2, 0) is 5.41 Å². The van der Waals surface area contributed by atoms with Gasteiger partial charge in [-0.05, 0) is 16.4 Å². The van der Waals surface area contributed by atoms with Crippen molar-refractivity contribution in [1.82, 2.24) is 0 Å². The van der Waals surface area contributed by atoms with Crippen LogP contribution in [0.5, 0.6) is 0 Å². The fraction of sp³-hybridized carbons (Fsp3) is 0.684. The molecule has 0 fully saturated rings. The quantitative estimate of drug-likeness (QED) is 0.509. The average Bonchev–Trinajstić information content (AvgIpc) is 2.45. The van der Waals surface area contributed by atoms with E-state index in [-0.39, 0.29) is 5.41 Å². The van der Waals surface area contributed by atoms with E-state index in [2.05, 4.69) is 65.0 Å². The molecule has 0 saturated heterocycles. The highest BCUT2D eigenvalue weighted by Crippen LogP contribution is 2.40. The molecule has 0 atom stereocenters. The van der Waals surface area contributed by atoms with Gasteiger partial charge in [-0.25, -0.2) is 0 Å². The van der Waals surface area contributed by atoms with Gasteiger partial charge in [0.05, 0.1) is 0 Å². The van der Waals surface area contributed by atoms with E-state index in [0.29, 0.717) is 5.41 Å². The van der Waals surface area contributed by atoms with Crippen molar-refractivity contribution in [3.63, 3.8) is 0 Å². The molecule has 1 aromatic rings. The molecule has 0 amide bonds. The topological polar surface area (TPSA) is 0 Å². The van der Waals surface area contributed by atoms with Gasteiger partial charge in [0.2, 0.25) is 0 Å². The highest BCUT2D eigenvalue weighted by molar-refractivity contribution is 5.25. The van der Waals surface area contributed by atoms with Crippen molar-refractivity contribution in [1.29, 1.82) is 0 Å². The molecule has 0 heteroatoms. The van der Waals surface area contributed by atoms with E-state index < -0.39 is 0 Å². The molecule has 0 aliphatic rings. The fourth-order valence-electron chi connectivity index (χ4n) is 1.29. The maximum atomic E-state index is 2.31. The van der Waals surface area contributed by atoms with Gasteiger partial charge in [-0.3, -0.25) is 0 Å². The number of hydrogen-bond donors (Lipinski definition) is 0. The van der Waals surface area contributed by atoms with E-state index in [1.165, 1.54) is 5.56 Å². The van der Waals surface area contributed by atoms with Gasteiger partial charge >= 0.3 is 0 Å². The van der Waals surface area contributed by atoms with Gasteiger partial charge in [-0.1, -0.05) is 106 Å². The molecule has 0 bridgehead atoms. The SMILES string of the molecule is CC.CC.CC.CC(C)(C)C(C)(C)c1ccccc1. The van der Waals surface area contributed by atoms with E-state index in [0.717, 1.165) is 0 Å². The van der Waals surface area contributed by atoms with Crippen LogP contribution >= 0.6 is 0 Å². The lowest BCUT2D eigenvalue weighted by molar-refractivity contribution is 0.225. The molecule has 0 aromatic heterocycles. The smallest absolute Gasteiger partial charge is 0.00551 e. The van der Waals surface area contributed by atoms with Gasteiger partial charge < -0.3 is 0 Å².